The maximum Gasteiger partial charge on any atom is 0.231 e. The summed E-state index contributed by atoms with van der Waals surface area (Å²) in [5.41, 5.74) is 2.42. The molecule has 6 nitrogen and oxygen atoms in total. The van der Waals surface area contributed by atoms with E-state index in [0.29, 0.717) is 19.3 Å². The van der Waals surface area contributed by atoms with Crippen molar-refractivity contribution in [2.45, 2.75) is 31.8 Å². The molecule has 0 saturated carbocycles. The topological polar surface area (TPSA) is 45.3 Å². The lowest BCUT2D eigenvalue weighted by Crippen LogP contribution is -2.55. The number of carbonyl (C=O) groups is 1. The van der Waals surface area contributed by atoms with Gasteiger partial charge in [-0.2, -0.15) is 11.3 Å². The van der Waals surface area contributed by atoms with E-state index < -0.39 is 0 Å². The summed E-state index contributed by atoms with van der Waals surface area (Å²) in [7, 11) is 0. The molecule has 3 aliphatic rings. The Kier molecular flexibility index (Phi) is 5.93. The fourth-order valence-electron chi connectivity index (χ4n) is 4.74. The number of fused-ring (bicyclic) bond motifs is 1. The van der Waals surface area contributed by atoms with Gasteiger partial charge < -0.3 is 14.4 Å². The van der Waals surface area contributed by atoms with Crippen molar-refractivity contribution in [3.8, 4) is 11.5 Å². The van der Waals surface area contributed by atoms with Crippen LogP contribution in [0.1, 0.15) is 24.0 Å². The van der Waals surface area contributed by atoms with Gasteiger partial charge in [-0.15, -0.1) is 0 Å². The van der Waals surface area contributed by atoms with E-state index >= 15 is 0 Å². The van der Waals surface area contributed by atoms with Gasteiger partial charge in [-0.25, -0.2) is 0 Å². The van der Waals surface area contributed by atoms with Crippen molar-refractivity contribution >= 4 is 17.2 Å². The van der Waals surface area contributed by atoms with Gasteiger partial charge in [0.2, 0.25) is 12.7 Å². The first-order chi connectivity index (χ1) is 14.7. The molecular formula is C23H29N3O3S. The summed E-state index contributed by atoms with van der Waals surface area (Å²) in [5, 5.41) is 4.13. The van der Waals surface area contributed by atoms with Gasteiger partial charge in [-0.1, -0.05) is 6.07 Å². The zero-order chi connectivity index (χ0) is 20.3. The first-order valence-corrected chi connectivity index (χ1v) is 11.8. The summed E-state index contributed by atoms with van der Waals surface area (Å²) in [6.45, 7) is 7.33. The predicted molar refractivity (Wildman–Crippen MR) is 117 cm³/mol. The minimum atomic E-state index is 0.277. The van der Waals surface area contributed by atoms with Crippen LogP contribution in [0, 0.1) is 0 Å². The van der Waals surface area contributed by atoms with Gasteiger partial charge >= 0.3 is 0 Å². The van der Waals surface area contributed by atoms with Crippen molar-refractivity contribution in [2.24, 2.45) is 0 Å². The van der Waals surface area contributed by atoms with Crippen LogP contribution in [0.25, 0.3) is 0 Å². The number of piperazine rings is 1. The molecule has 1 aromatic carbocycles. The van der Waals surface area contributed by atoms with Crippen LogP contribution in [-0.4, -0.2) is 72.7 Å². The first kappa shape index (κ1) is 19.8. The number of benzene rings is 1. The second-order valence-electron chi connectivity index (χ2n) is 8.44. The molecule has 1 aromatic heterocycles. The average molecular weight is 428 g/mol. The molecule has 1 atom stereocenters. The van der Waals surface area contributed by atoms with Crippen molar-refractivity contribution in [2.75, 3.05) is 46.1 Å². The number of carbonyl (C=O) groups excluding carboxylic acids is 1. The molecule has 30 heavy (non-hydrogen) atoms. The van der Waals surface area contributed by atoms with Crippen molar-refractivity contribution in [3.05, 3.63) is 46.2 Å². The Bertz CT molecular complexity index is 865. The molecular weight excluding hydrogens is 398 g/mol. The Morgan fingerprint density at radius 2 is 1.90 bits per heavy atom. The summed E-state index contributed by atoms with van der Waals surface area (Å²) >= 11 is 1.66. The fraction of sp³-hybridized carbons (Fsp3) is 0.522. The van der Waals surface area contributed by atoms with Gasteiger partial charge in [0.15, 0.2) is 11.5 Å². The molecule has 2 saturated heterocycles. The van der Waals surface area contributed by atoms with Crippen LogP contribution < -0.4 is 9.47 Å². The molecule has 1 amide bonds. The largest absolute Gasteiger partial charge is 0.454 e. The van der Waals surface area contributed by atoms with E-state index in [1.807, 2.05) is 11.4 Å². The smallest absolute Gasteiger partial charge is 0.231 e. The van der Waals surface area contributed by atoms with Crippen LogP contribution in [0.15, 0.2) is 35.0 Å². The maximum absolute atomic E-state index is 12.7. The summed E-state index contributed by atoms with van der Waals surface area (Å²) in [6, 6.07) is 8.81. The molecule has 0 radical (unpaired) electrons. The second-order valence-corrected chi connectivity index (χ2v) is 9.22. The zero-order valence-corrected chi connectivity index (χ0v) is 18.1. The van der Waals surface area contributed by atoms with Gasteiger partial charge in [0.05, 0.1) is 6.42 Å². The van der Waals surface area contributed by atoms with Crippen LogP contribution in [0.3, 0.4) is 0 Å². The predicted octanol–water partition coefficient (Wildman–Crippen LogP) is 2.83. The van der Waals surface area contributed by atoms with Crippen molar-refractivity contribution in [3.63, 3.8) is 0 Å². The molecule has 2 aromatic rings. The van der Waals surface area contributed by atoms with Crippen LogP contribution >= 0.6 is 11.3 Å². The minimum Gasteiger partial charge on any atom is -0.454 e. The quantitative estimate of drug-likeness (QED) is 0.734. The Morgan fingerprint density at radius 3 is 2.73 bits per heavy atom. The molecule has 0 N–H and O–H groups in total. The highest BCUT2D eigenvalue weighted by molar-refractivity contribution is 7.08. The summed E-state index contributed by atoms with van der Waals surface area (Å²) in [4.78, 5) is 19.9. The Hall–Kier alpha value is -2.09. The number of nitrogens with zero attached hydrogens (tertiary/aromatic N) is 3. The second kappa shape index (κ2) is 8.96. The van der Waals surface area contributed by atoms with Gasteiger partial charge in [0.25, 0.3) is 0 Å². The SMILES string of the molecule is O=C(Cc1ccsc1)N1CCC[C@@H](N2CCN(Cc3ccc4c(c3)OCO4)CC2)C1. The first-order valence-electron chi connectivity index (χ1n) is 10.9. The molecule has 7 heteroatoms. The number of likely N-dealkylation sites (tertiary alicyclic amines) is 1. The van der Waals surface area contributed by atoms with E-state index in [0.717, 1.165) is 69.3 Å². The molecule has 3 aliphatic heterocycles. The zero-order valence-electron chi connectivity index (χ0n) is 17.3. The van der Waals surface area contributed by atoms with Crippen LogP contribution in [0.2, 0.25) is 0 Å². The minimum absolute atomic E-state index is 0.277. The summed E-state index contributed by atoms with van der Waals surface area (Å²) in [6.07, 6.45) is 2.85. The van der Waals surface area contributed by atoms with E-state index in [1.54, 1.807) is 11.3 Å². The third-order valence-corrected chi connectivity index (χ3v) is 7.18. The van der Waals surface area contributed by atoms with Crippen LogP contribution in [-0.2, 0) is 17.8 Å². The number of piperidine rings is 1. The number of thiophene rings is 1. The number of hydrogen-bond acceptors (Lipinski definition) is 6. The standard InChI is InChI=1S/C23H29N3O3S/c27-23(13-19-5-11-30-16-19)26-6-1-2-20(15-26)25-9-7-24(8-10-25)14-18-3-4-21-22(12-18)29-17-28-21/h3-5,11-12,16,20H,1-2,6-10,13-15,17H2/t20-/m1/s1. The number of rotatable bonds is 5. The van der Waals surface area contributed by atoms with Crippen molar-refractivity contribution < 1.29 is 14.3 Å². The van der Waals surface area contributed by atoms with Crippen molar-refractivity contribution in [1.29, 1.82) is 0 Å². The van der Waals surface area contributed by atoms with E-state index in [1.165, 1.54) is 12.0 Å². The molecule has 0 unspecified atom stereocenters. The Balaban J connectivity index is 1.11. The van der Waals surface area contributed by atoms with E-state index in [4.69, 9.17) is 9.47 Å². The third kappa shape index (κ3) is 4.48. The molecule has 4 heterocycles. The molecule has 0 spiro atoms. The number of ether oxygens (including phenoxy) is 2. The monoisotopic (exact) mass is 427 g/mol. The van der Waals surface area contributed by atoms with E-state index in [9.17, 15) is 4.79 Å². The van der Waals surface area contributed by atoms with Gasteiger partial charge in [0, 0.05) is 51.9 Å². The fourth-order valence-corrected chi connectivity index (χ4v) is 5.41. The summed E-state index contributed by atoms with van der Waals surface area (Å²) < 4.78 is 10.9. The van der Waals surface area contributed by atoms with Crippen LogP contribution in [0.5, 0.6) is 11.5 Å². The molecule has 5 rings (SSSR count). The van der Waals surface area contributed by atoms with Gasteiger partial charge in [-0.05, 0) is 52.9 Å². The highest BCUT2D eigenvalue weighted by atomic mass is 32.1. The highest BCUT2D eigenvalue weighted by Crippen LogP contribution is 2.33. The lowest BCUT2D eigenvalue weighted by molar-refractivity contribution is -0.132. The lowest BCUT2D eigenvalue weighted by Gasteiger charge is -2.43. The third-order valence-electron chi connectivity index (χ3n) is 6.45. The summed E-state index contributed by atoms with van der Waals surface area (Å²) in [5.74, 6) is 1.99. The maximum atomic E-state index is 12.7. The number of hydrogen-bond donors (Lipinski definition) is 0. The molecule has 0 bridgehead atoms. The Morgan fingerprint density at radius 1 is 1.03 bits per heavy atom. The van der Waals surface area contributed by atoms with E-state index in [2.05, 4.69) is 38.3 Å². The average Bonchev–Trinajstić information content (AvgIpc) is 3.46. The molecule has 0 aliphatic carbocycles. The number of amides is 1. The lowest BCUT2D eigenvalue weighted by atomic mass is 10.0. The molecule has 160 valence electrons. The van der Waals surface area contributed by atoms with Crippen LogP contribution in [0.4, 0.5) is 0 Å². The Labute approximate surface area is 182 Å². The van der Waals surface area contributed by atoms with Gasteiger partial charge in [-0.3, -0.25) is 14.6 Å². The highest BCUT2D eigenvalue weighted by Gasteiger charge is 2.30. The normalized spacial score (nSPS) is 22.4. The molecule has 2 fully saturated rings. The van der Waals surface area contributed by atoms with Gasteiger partial charge in [0.1, 0.15) is 0 Å². The van der Waals surface area contributed by atoms with E-state index in [-0.39, 0.29) is 5.91 Å². The van der Waals surface area contributed by atoms with Crippen molar-refractivity contribution in [1.82, 2.24) is 14.7 Å².